The number of amides is 1. The van der Waals surface area contributed by atoms with Crippen LogP contribution in [0.4, 0.5) is 17.1 Å². The quantitative estimate of drug-likeness (QED) is 0.370. The van der Waals surface area contributed by atoms with Gasteiger partial charge in [-0.2, -0.15) is 0 Å². The second-order valence-electron chi connectivity index (χ2n) is 8.68. The van der Waals surface area contributed by atoms with Crippen LogP contribution in [-0.4, -0.2) is 25.9 Å². The van der Waals surface area contributed by atoms with Crippen LogP contribution >= 0.6 is 0 Å². The van der Waals surface area contributed by atoms with Gasteiger partial charge in [-0.1, -0.05) is 30.3 Å². The number of carbonyl (C=O) groups is 1. The van der Waals surface area contributed by atoms with E-state index in [9.17, 15) is 13.2 Å². The van der Waals surface area contributed by atoms with E-state index in [0.29, 0.717) is 16.9 Å². The lowest BCUT2D eigenvalue weighted by Gasteiger charge is -2.31. The monoisotopic (exact) mass is 498 g/mol. The fourth-order valence-corrected chi connectivity index (χ4v) is 5.36. The third-order valence-electron chi connectivity index (χ3n) is 6.13. The molecule has 5 rings (SSSR count). The summed E-state index contributed by atoms with van der Waals surface area (Å²) in [5, 5.41) is 2.83. The molecule has 0 atom stereocenters. The van der Waals surface area contributed by atoms with Crippen molar-refractivity contribution in [3.63, 3.8) is 0 Å². The predicted octanol–water partition coefficient (Wildman–Crippen LogP) is 5.09. The number of pyridine rings is 1. The van der Waals surface area contributed by atoms with E-state index in [-0.39, 0.29) is 10.8 Å². The summed E-state index contributed by atoms with van der Waals surface area (Å²) >= 11 is 0. The van der Waals surface area contributed by atoms with Crippen molar-refractivity contribution in [2.24, 2.45) is 0 Å². The second kappa shape index (κ2) is 10.2. The van der Waals surface area contributed by atoms with Crippen LogP contribution < -0.4 is 14.9 Å². The maximum atomic E-state index is 12.7. The van der Waals surface area contributed by atoms with E-state index in [0.717, 1.165) is 31.5 Å². The van der Waals surface area contributed by atoms with E-state index < -0.39 is 10.0 Å². The molecule has 7 nitrogen and oxygen atoms in total. The van der Waals surface area contributed by atoms with Gasteiger partial charge in [0, 0.05) is 36.2 Å². The Bertz CT molecular complexity index is 1460. The molecule has 1 aromatic heterocycles. The van der Waals surface area contributed by atoms with Crippen molar-refractivity contribution in [1.29, 1.82) is 0 Å². The molecule has 1 aliphatic heterocycles. The van der Waals surface area contributed by atoms with Gasteiger partial charge in [-0.25, -0.2) is 8.42 Å². The number of hydrogen-bond donors (Lipinski definition) is 2. The lowest BCUT2D eigenvalue weighted by atomic mass is 10.0. The van der Waals surface area contributed by atoms with E-state index in [1.165, 1.54) is 29.6 Å². The van der Waals surface area contributed by atoms with Crippen molar-refractivity contribution in [3.05, 3.63) is 114 Å². The Balaban J connectivity index is 1.21. The first-order chi connectivity index (χ1) is 17.5. The molecular formula is C28H26N4O3S. The summed E-state index contributed by atoms with van der Waals surface area (Å²) in [5.41, 5.74) is 5.22. The number of rotatable bonds is 7. The van der Waals surface area contributed by atoms with E-state index >= 15 is 0 Å². The van der Waals surface area contributed by atoms with Gasteiger partial charge in [0.15, 0.2) is 0 Å². The van der Waals surface area contributed by atoms with E-state index in [1.807, 2.05) is 24.3 Å². The van der Waals surface area contributed by atoms with Crippen molar-refractivity contribution in [2.45, 2.75) is 24.3 Å². The fraction of sp³-hybridized carbons (Fsp3) is 0.143. The summed E-state index contributed by atoms with van der Waals surface area (Å²) in [6.07, 6.45) is 5.25. The molecule has 4 aromatic rings. The van der Waals surface area contributed by atoms with Crippen LogP contribution in [0.25, 0.3) is 0 Å². The molecule has 0 saturated carbocycles. The first-order valence-electron chi connectivity index (χ1n) is 11.7. The zero-order chi connectivity index (χ0) is 25.0. The van der Waals surface area contributed by atoms with Gasteiger partial charge in [0.25, 0.3) is 15.9 Å². The predicted molar refractivity (Wildman–Crippen MR) is 142 cm³/mol. The summed E-state index contributed by atoms with van der Waals surface area (Å²) in [7, 11) is -3.75. The molecule has 0 fully saturated rings. The average molecular weight is 499 g/mol. The van der Waals surface area contributed by atoms with Gasteiger partial charge in [-0.3, -0.25) is 14.5 Å². The van der Waals surface area contributed by atoms with Crippen LogP contribution in [0.3, 0.4) is 0 Å². The van der Waals surface area contributed by atoms with Crippen molar-refractivity contribution < 1.29 is 13.2 Å². The van der Waals surface area contributed by atoms with Gasteiger partial charge >= 0.3 is 0 Å². The van der Waals surface area contributed by atoms with Crippen LogP contribution in [0.1, 0.15) is 27.9 Å². The number of sulfonamides is 1. The molecule has 0 unspecified atom stereocenters. The van der Waals surface area contributed by atoms with Crippen molar-refractivity contribution in [2.75, 3.05) is 21.5 Å². The highest BCUT2D eigenvalue weighted by Gasteiger charge is 2.17. The standard InChI is InChI=1S/C28H26N4O3S/c33-28(30-24-13-15-26(16-14-24)36(34,35)31-25-7-3-17-29-19-25)23-11-9-21(10-12-23)20-32-18-4-6-22-5-1-2-8-27(22)32/h1-3,5,7-17,19,31H,4,6,18,20H2,(H,30,33). The lowest BCUT2D eigenvalue weighted by Crippen LogP contribution is -2.28. The lowest BCUT2D eigenvalue weighted by molar-refractivity contribution is 0.102. The first-order valence-corrected chi connectivity index (χ1v) is 13.2. The third kappa shape index (κ3) is 5.39. The van der Waals surface area contributed by atoms with E-state index in [4.69, 9.17) is 0 Å². The number of carbonyl (C=O) groups excluding carboxylic acids is 1. The van der Waals surface area contributed by atoms with Crippen molar-refractivity contribution >= 4 is 33.0 Å². The molecule has 0 spiro atoms. The summed E-state index contributed by atoms with van der Waals surface area (Å²) < 4.78 is 27.6. The number of benzene rings is 3. The number of nitrogens with zero attached hydrogens (tertiary/aromatic N) is 2. The van der Waals surface area contributed by atoms with Gasteiger partial charge in [0.05, 0.1) is 16.8 Å². The normalized spacial score (nSPS) is 13.1. The molecule has 1 aliphatic rings. The third-order valence-corrected chi connectivity index (χ3v) is 7.53. The highest BCUT2D eigenvalue weighted by atomic mass is 32.2. The molecule has 0 saturated heterocycles. The molecule has 0 radical (unpaired) electrons. The Morgan fingerprint density at radius 1 is 0.889 bits per heavy atom. The summed E-state index contributed by atoms with van der Waals surface area (Å²) in [6, 6.07) is 25.4. The van der Waals surface area contributed by atoms with Gasteiger partial charge < -0.3 is 10.2 Å². The van der Waals surface area contributed by atoms with E-state index in [2.05, 4.69) is 44.2 Å². The maximum absolute atomic E-state index is 12.7. The van der Waals surface area contributed by atoms with Crippen LogP contribution in [0, 0.1) is 0 Å². The Labute approximate surface area is 210 Å². The topological polar surface area (TPSA) is 91.4 Å². The van der Waals surface area contributed by atoms with Gasteiger partial charge in [-0.05, 0) is 78.6 Å². The minimum atomic E-state index is -3.75. The Morgan fingerprint density at radius 2 is 1.67 bits per heavy atom. The van der Waals surface area contributed by atoms with Gasteiger partial charge in [0.2, 0.25) is 0 Å². The molecule has 3 aromatic carbocycles. The molecule has 0 bridgehead atoms. The minimum Gasteiger partial charge on any atom is -0.367 e. The maximum Gasteiger partial charge on any atom is 0.261 e. The van der Waals surface area contributed by atoms with Crippen LogP contribution in [0.2, 0.25) is 0 Å². The zero-order valence-electron chi connectivity index (χ0n) is 19.6. The van der Waals surface area contributed by atoms with E-state index in [1.54, 1.807) is 30.5 Å². The molecule has 182 valence electrons. The smallest absolute Gasteiger partial charge is 0.261 e. The Kier molecular flexibility index (Phi) is 6.69. The molecule has 0 aliphatic carbocycles. The number of fused-ring (bicyclic) bond motifs is 1. The number of nitrogens with one attached hydrogen (secondary N) is 2. The number of aromatic nitrogens is 1. The van der Waals surface area contributed by atoms with Crippen molar-refractivity contribution in [3.8, 4) is 0 Å². The summed E-state index contributed by atoms with van der Waals surface area (Å²) in [4.78, 5) is 19.1. The van der Waals surface area contributed by atoms with Crippen LogP contribution in [0.15, 0.2) is 102 Å². The second-order valence-corrected chi connectivity index (χ2v) is 10.4. The minimum absolute atomic E-state index is 0.0907. The number of anilines is 3. The number of hydrogen-bond acceptors (Lipinski definition) is 5. The molecule has 36 heavy (non-hydrogen) atoms. The Morgan fingerprint density at radius 3 is 2.42 bits per heavy atom. The summed E-state index contributed by atoms with van der Waals surface area (Å²) in [6.45, 7) is 1.81. The molecule has 1 amide bonds. The molecular weight excluding hydrogens is 472 g/mol. The average Bonchev–Trinajstić information content (AvgIpc) is 2.90. The van der Waals surface area contributed by atoms with Gasteiger partial charge in [-0.15, -0.1) is 0 Å². The Hall–Kier alpha value is -4.17. The largest absolute Gasteiger partial charge is 0.367 e. The number of para-hydroxylation sites is 1. The fourth-order valence-electron chi connectivity index (χ4n) is 4.32. The van der Waals surface area contributed by atoms with Crippen LogP contribution in [0.5, 0.6) is 0 Å². The molecule has 8 heteroatoms. The van der Waals surface area contributed by atoms with Crippen LogP contribution in [-0.2, 0) is 23.0 Å². The highest BCUT2D eigenvalue weighted by molar-refractivity contribution is 7.92. The molecule has 2 N–H and O–H groups in total. The first kappa shape index (κ1) is 23.6. The van der Waals surface area contributed by atoms with Crippen molar-refractivity contribution in [1.82, 2.24) is 4.98 Å². The number of aryl methyl sites for hydroxylation is 1. The van der Waals surface area contributed by atoms with Gasteiger partial charge in [0.1, 0.15) is 0 Å². The zero-order valence-corrected chi connectivity index (χ0v) is 20.4. The molecule has 2 heterocycles. The summed E-state index contributed by atoms with van der Waals surface area (Å²) in [5.74, 6) is -0.256. The SMILES string of the molecule is O=C(Nc1ccc(S(=O)(=O)Nc2cccnc2)cc1)c1ccc(CN2CCCc3ccccc32)cc1. The highest BCUT2D eigenvalue weighted by Crippen LogP contribution is 2.28.